The molecule has 1 aromatic rings. The molecule has 1 aromatic carbocycles. The first kappa shape index (κ1) is 12.4. The Morgan fingerprint density at radius 2 is 1.65 bits per heavy atom. The highest BCUT2D eigenvalue weighted by Gasteiger charge is 2.28. The normalized spacial score (nSPS) is 18.6. The molecule has 1 atom stereocenters. The van der Waals surface area contributed by atoms with E-state index in [4.69, 9.17) is 0 Å². The zero-order valence-corrected chi connectivity index (χ0v) is 9.77. The fourth-order valence-corrected chi connectivity index (χ4v) is 2.71. The molecule has 0 radical (unpaired) electrons. The van der Waals surface area contributed by atoms with Crippen LogP contribution < -0.4 is 5.32 Å². The lowest BCUT2D eigenvalue weighted by atomic mass is 9.91. The van der Waals surface area contributed by atoms with Crippen LogP contribution in [0.15, 0.2) is 12.1 Å². The Kier molecular flexibility index (Phi) is 3.72. The predicted molar refractivity (Wildman–Crippen MR) is 60.1 cm³/mol. The van der Waals surface area contributed by atoms with E-state index < -0.39 is 17.5 Å². The molecule has 1 fully saturated rings. The minimum atomic E-state index is -1.13. The van der Waals surface area contributed by atoms with Crippen LogP contribution in [-0.2, 0) is 0 Å². The lowest BCUT2D eigenvalue weighted by molar-refractivity contribution is 0.373. The van der Waals surface area contributed by atoms with Crippen molar-refractivity contribution in [2.75, 3.05) is 7.05 Å². The number of halogens is 3. The zero-order valence-electron chi connectivity index (χ0n) is 9.77. The average molecular weight is 243 g/mol. The van der Waals surface area contributed by atoms with E-state index in [0.717, 1.165) is 31.7 Å². The maximum Gasteiger partial charge on any atom is 0.161 e. The molecule has 1 saturated carbocycles. The van der Waals surface area contributed by atoms with Gasteiger partial charge in [0.15, 0.2) is 11.6 Å². The van der Waals surface area contributed by atoms with Gasteiger partial charge in [-0.15, -0.1) is 0 Å². The van der Waals surface area contributed by atoms with Crippen LogP contribution in [0, 0.1) is 23.4 Å². The molecule has 0 aromatic heterocycles. The molecular weight excluding hydrogens is 227 g/mol. The predicted octanol–water partition coefficient (Wildman–Crippen LogP) is 3.55. The third-order valence-electron chi connectivity index (χ3n) is 3.56. The van der Waals surface area contributed by atoms with Gasteiger partial charge in [-0.05, 0) is 31.9 Å². The molecule has 0 heterocycles. The van der Waals surface area contributed by atoms with Crippen molar-refractivity contribution in [3.8, 4) is 0 Å². The van der Waals surface area contributed by atoms with Gasteiger partial charge in [-0.1, -0.05) is 12.8 Å². The lowest BCUT2D eigenvalue weighted by Gasteiger charge is -2.23. The van der Waals surface area contributed by atoms with Gasteiger partial charge in [0.05, 0.1) is 0 Å². The maximum atomic E-state index is 13.7. The van der Waals surface area contributed by atoms with E-state index >= 15 is 0 Å². The van der Waals surface area contributed by atoms with Gasteiger partial charge in [-0.3, -0.25) is 0 Å². The van der Waals surface area contributed by atoms with Gasteiger partial charge in [-0.25, -0.2) is 13.2 Å². The third kappa shape index (κ3) is 2.46. The molecule has 1 aliphatic rings. The Balaban J connectivity index is 2.32. The molecule has 4 heteroatoms. The van der Waals surface area contributed by atoms with Gasteiger partial charge in [0, 0.05) is 17.7 Å². The molecule has 2 rings (SSSR count). The first-order valence-electron chi connectivity index (χ1n) is 5.95. The Morgan fingerprint density at radius 1 is 1.06 bits per heavy atom. The molecular formula is C13H16F3N. The van der Waals surface area contributed by atoms with Crippen LogP contribution in [0.25, 0.3) is 0 Å². The number of hydrogen-bond acceptors (Lipinski definition) is 1. The Bertz CT molecular complexity index is 400. The maximum absolute atomic E-state index is 13.7. The van der Waals surface area contributed by atoms with Crippen molar-refractivity contribution >= 4 is 0 Å². The van der Waals surface area contributed by atoms with Crippen LogP contribution in [0.2, 0.25) is 0 Å². The molecule has 17 heavy (non-hydrogen) atoms. The van der Waals surface area contributed by atoms with Gasteiger partial charge in [0.2, 0.25) is 0 Å². The molecule has 0 saturated heterocycles. The van der Waals surface area contributed by atoms with Crippen molar-refractivity contribution in [3.63, 3.8) is 0 Å². The fourth-order valence-electron chi connectivity index (χ4n) is 2.71. The summed E-state index contributed by atoms with van der Waals surface area (Å²) in [7, 11) is 1.73. The van der Waals surface area contributed by atoms with E-state index in [1.807, 2.05) is 0 Å². The lowest BCUT2D eigenvalue weighted by Crippen LogP contribution is -2.25. The van der Waals surface area contributed by atoms with Gasteiger partial charge in [0.1, 0.15) is 5.82 Å². The van der Waals surface area contributed by atoms with Gasteiger partial charge in [-0.2, -0.15) is 0 Å². The molecule has 0 bridgehead atoms. The van der Waals surface area contributed by atoms with Crippen LogP contribution in [0.4, 0.5) is 13.2 Å². The molecule has 0 aliphatic heterocycles. The molecule has 0 amide bonds. The SMILES string of the molecule is CNC(c1cc(F)c(F)cc1F)C1CCCC1. The van der Waals surface area contributed by atoms with Crippen LogP contribution in [0.1, 0.15) is 37.3 Å². The number of benzene rings is 1. The van der Waals surface area contributed by atoms with Crippen LogP contribution in [-0.4, -0.2) is 7.05 Å². The van der Waals surface area contributed by atoms with Crippen molar-refractivity contribution < 1.29 is 13.2 Å². The Labute approximate surface area is 99.0 Å². The summed E-state index contributed by atoms with van der Waals surface area (Å²) in [6.07, 6.45) is 4.25. The topological polar surface area (TPSA) is 12.0 Å². The zero-order chi connectivity index (χ0) is 12.4. The Morgan fingerprint density at radius 3 is 2.24 bits per heavy atom. The summed E-state index contributed by atoms with van der Waals surface area (Å²) in [6, 6.07) is 1.38. The number of rotatable bonds is 3. The minimum Gasteiger partial charge on any atom is -0.313 e. The van der Waals surface area contributed by atoms with E-state index in [2.05, 4.69) is 5.32 Å². The van der Waals surface area contributed by atoms with Gasteiger partial charge < -0.3 is 5.32 Å². The highest BCUT2D eigenvalue weighted by atomic mass is 19.2. The van der Waals surface area contributed by atoms with Crippen molar-refractivity contribution in [2.24, 2.45) is 5.92 Å². The monoisotopic (exact) mass is 243 g/mol. The number of nitrogens with one attached hydrogen (secondary N) is 1. The highest BCUT2D eigenvalue weighted by molar-refractivity contribution is 5.24. The average Bonchev–Trinajstić information content (AvgIpc) is 2.80. The summed E-state index contributed by atoms with van der Waals surface area (Å²) in [6.45, 7) is 0. The summed E-state index contributed by atoms with van der Waals surface area (Å²) in [5.41, 5.74) is 0.235. The largest absolute Gasteiger partial charge is 0.313 e. The van der Waals surface area contributed by atoms with Crippen molar-refractivity contribution in [1.82, 2.24) is 5.32 Å². The molecule has 1 N–H and O–H groups in total. The first-order valence-corrected chi connectivity index (χ1v) is 5.95. The second-order valence-electron chi connectivity index (χ2n) is 4.60. The van der Waals surface area contributed by atoms with Gasteiger partial charge in [0.25, 0.3) is 0 Å². The van der Waals surface area contributed by atoms with Crippen LogP contribution in [0.5, 0.6) is 0 Å². The third-order valence-corrected chi connectivity index (χ3v) is 3.56. The quantitative estimate of drug-likeness (QED) is 0.800. The van der Waals surface area contributed by atoms with Crippen molar-refractivity contribution in [3.05, 3.63) is 35.1 Å². The smallest absolute Gasteiger partial charge is 0.161 e. The minimum absolute atomic E-state index is 0.229. The molecule has 1 aliphatic carbocycles. The fraction of sp³-hybridized carbons (Fsp3) is 0.538. The van der Waals surface area contributed by atoms with E-state index in [0.29, 0.717) is 12.0 Å². The van der Waals surface area contributed by atoms with E-state index in [1.165, 1.54) is 0 Å². The summed E-state index contributed by atoms with van der Waals surface area (Å²) < 4.78 is 39.7. The highest BCUT2D eigenvalue weighted by Crippen LogP contribution is 2.36. The van der Waals surface area contributed by atoms with Crippen LogP contribution in [0.3, 0.4) is 0 Å². The van der Waals surface area contributed by atoms with E-state index in [9.17, 15) is 13.2 Å². The summed E-state index contributed by atoms with van der Waals surface area (Å²) in [5.74, 6) is -2.48. The van der Waals surface area contributed by atoms with Crippen molar-refractivity contribution in [2.45, 2.75) is 31.7 Å². The van der Waals surface area contributed by atoms with Gasteiger partial charge >= 0.3 is 0 Å². The molecule has 94 valence electrons. The molecule has 1 nitrogen and oxygen atoms in total. The van der Waals surface area contributed by atoms with Crippen molar-refractivity contribution in [1.29, 1.82) is 0 Å². The number of hydrogen-bond donors (Lipinski definition) is 1. The summed E-state index contributed by atoms with van der Waals surface area (Å²) >= 11 is 0. The first-order chi connectivity index (χ1) is 8.13. The van der Waals surface area contributed by atoms with E-state index in [1.54, 1.807) is 7.05 Å². The summed E-state index contributed by atoms with van der Waals surface area (Å²) in [4.78, 5) is 0. The summed E-state index contributed by atoms with van der Waals surface area (Å²) in [5, 5.41) is 3.02. The standard InChI is InChI=1S/C13H16F3N/c1-17-13(8-4-2-3-5-8)9-6-11(15)12(16)7-10(9)14/h6-8,13,17H,2-5H2,1H3. The molecule has 0 spiro atoms. The second kappa shape index (κ2) is 5.08. The van der Waals surface area contributed by atoms with E-state index in [-0.39, 0.29) is 11.6 Å². The second-order valence-corrected chi connectivity index (χ2v) is 4.60. The molecule has 1 unspecified atom stereocenters. The Hall–Kier alpha value is -1.03. The van der Waals surface area contributed by atoms with Crippen LogP contribution >= 0.6 is 0 Å².